The van der Waals surface area contributed by atoms with E-state index in [1.807, 2.05) is 65.8 Å². The molecule has 2 N–H and O–H groups in total. The van der Waals surface area contributed by atoms with Gasteiger partial charge in [-0.1, -0.05) is 19.1 Å². The number of aromatic nitrogens is 3. The fraction of sp³-hybridized carbons (Fsp3) is 0.281. The van der Waals surface area contributed by atoms with Crippen LogP contribution < -0.4 is 20.1 Å². The van der Waals surface area contributed by atoms with E-state index < -0.39 is 5.54 Å². The van der Waals surface area contributed by atoms with Crippen molar-refractivity contribution in [1.82, 2.24) is 19.8 Å². The molecule has 0 aliphatic carbocycles. The summed E-state index contributed by atoms with van der Waals surface area (Å²) in [7, 11) is 1.61. The van der Waals surface area contributed by atoms with E-state index in [9.17, 15) is 10.0 Å². The van der Waals surface area contributed by atoms with Crippen molar-refractivity contribution in [2.75, 3.05) is 19.0 Å². The molecule has 1 amide bonds. The molecule has 1 unspecified atom stereocenters. The van der Waals surface area contributed by atoms with Crippen LogP contribution in [-0.2, 0) is 24.3 Å². The average molecular weight is 598 g/mol. The van der Waals surface area contributed by atoms with E-state index in [2.05, 4.69) is 21.7 Å². The van der Waals surface area contributed by atoms with Gasteiger partial charge in [-0.3, -0.25) is 4.79 Å². The number of hydrogen-bond acceptors (Lipinski definition) is 6. The number of imidazole rings is 1. The molecule has 4 aromatic rings. The number of ether oxygens (including phenoxy) is 1. The highest BCUT2D eigenvalue weighted by Crippen LogP contribution is 2.19. The maximum Gasteiger partial charge on any atom is 0.226 e. The molecule has 10 nitrogen and oxygen atoms in total. The van der Waals surface area contributed by atoms with Crippen molar-refractivity contribution in [2.45, 2.75) is 45.3 Å². The number of carbonyl (C=O) groups excluding carboxylic acids is 1. The number of nitrogens with zero attached hydrogens (tertiary/aromatic N) is 5. The molecule has 0 spiro atoms. The first kappa shape index (κ1) is 31.0. The van der Waals surface area contributed by atoms with Crippen molar-refractivity contribution in [3.05, 3.63) is 113 Å². The number of carbonyl (C=O) groups is 1. The highest BCUT2D eigenvalue weighted by molar-refractivity contribution is 7.80. The maximum atomic E-state index is 13.4. The molecule has 0 fully saturated rings. The lowest BCUT2D eigenvalue weighted by Crippen LogP contribution is -2.55. The molecule has 0 radical (unpaired) electrons. The van der Waals surface area contributed by atoms with Crippen LogP contribution in [0.4, 0.5) is 5.69 Å². The number of nitrogens with one attached hydrogen (secondary N) is 2. The van der Waals surface area contributed by atoms with Crippen molar-refractivity contribution in [3.8, 4) is 11.8 Å². The van der Waals surface area contributed by atoms with Crippen LogP contribution in [-0.4, -0.2) is 44.7 Å². The first-order valence-corrected chi connectivity index (χ1v) is 14.3. The van der Waals surface area contributed by atoms with Crippen LogP contribution in [0, 0.1) is 16.5 Å². The van der Waals surface area contributed by atoms with Crippen LogP contribution in [0.5, 0.6) is 5.75 Å². The maximum absolute atomic E-state index is 13.4. The Labute approximate surface area is 257 Å². The van der Waals surface area contributed by atoms with Crippen LogP contribution in [0.2, 0.25) is 0 Å². The number of benzene rings is 2. The summed E-state index contributed by atoms with van der Waals surface area (Å²) in [6.07, 6.45) is 5.60. The zero-order chi connectivity index (χ0) is 30.8. The highest BCUT2D eigenvalue weighted by Gasteiger charge is 2.30. The Hall–Kier alpha value is -4.95. The Morgan fingerprint density at radius 2 is 1.93 bits per heavy atom. The molecule has 0 bridgehead atoms. The number of rotatable bonds is 12. The van der Waals surface area contributed by atoms with Gasteiger partial charge in [0.05, 0.1) is 37.0 Å². The predicted molar refractivity (Wildman–Crippen MR) is 168 cm³/mol. The summed E-state index contributed by atoms with van der Waals surface area (Å²) in [5.41, 5.74) is 3.00. The van der Waals surface area contributed by atoms with Gasteiger partial charge in [-0.05, 0) is 73.6 Å². The van der Waals surface area contributed by atoms with Crippen molar-refractivity contribution < 1.29 is 14.3 Å². The molecule has 11 heteroatoms. The van der Waals surface area contributed by atoms with Gasteiger partial charge < -0.3 is 30.0 Å². The summed E-state index contributed by atoms with van der Waals surface area (Å²) in [6.45, 7) is 5.11. The van der Waals surface area contributed by atoms with Gasteiger partial charge in [0, 0.05) is 42.8 Å². The Morgan fingerprint density at radius 3 is 2.58 bits per heavy atom. The molecule has 2 heterocycles. The number of methoxy groups -OCH3 is 1. The Balaban J connectivity index is 1.47. The van der Waals surface area contributed by atoms with Gasteiger partial charge in [-0.15, -0.1) is 0 Å². The molecule has 0 aliphatic rings. The number of hydrogen-bond donors (Lipinski definition) is 2. The van der Waals surface area contributed by atoms with Gasteiger partial charge in [0.15, 0.2) is 11.3 Å². The average Bonchev–Trinajstić information content (AvgIpc) is 3.44. The van der Waals surface area contributed by atoms with Gasteiger partial charge in [0.1, 0.15) is 12.3 Å². The third-order valence-electron chi connectivity index (χ3n) is 7.22. The van der Waals surface area contributed by atoms with E-state index in [1.54, 1.807) is 43.9 Å². The second-order valence-corrected chi connectivity index (χ2v) is 10.9. The second-order valence-electron chi connectivity index (χ2n) is 10.5. The van der Waals surface area contributed by atoms with Crippen LogP contribution in [0.1, 0.15) is 42.8 Å². The first-order valence-electron chi connectivity index (χ1n) is 13.9. The molecule has 1 atom stereocenters. The third-order valence-corrected chi connectivity index (χ3v) is 7.58. The van der Waals surface area contributed by atoms with E-state index in [0.717, 1.165) is 27.4 Å². The molecular formula is C32H35N7O3S. The molecule has 43 heavy (non-hydrogen) atoms. The molecule has 4 rings (SSSR count). The minimum absolute atomic E-state index is 0.139. The SMILES string of the molecule is CCC(C)(CN(Cc1cccc[n+]1[O-])C(=S)Nc1ccc(OC)cc1)NC(=O)Cc1cncn1Cc1ccc(C#N)cc1. The zero-order valence-electron chi connectivity index (χ0n) is 24.5. The normalized spacial score (nSPS) is 12.0. The Morgan fingerprint density at radius 1 is 1.19 bits per heavy atom. The van der Waals surface area contributed by atoms with Gasteiger partial charge in [-0.2, -0.15) is 9.99 Å². The number of pyridine rings is 1. The quantitative estimate of drug-likeness (QED) is 0.142. The van der Waals surface area contributed by atoms with E-state index in [4.69, 9.17) is 22.2 Å². The van der Waals surface area contributed by atoms with Crippen LogP contribution in [0.25, 0.3) is 0 Å². The van der Waals surface area contributed by atoms with E-state index in [1.165, 1.54) is 6.20 Å². The molecule has 222 valence electrons. The van der Waals surface area contributed by atoms with Gasteiger partial charge in [0.25, 0.3) is 0 Å². The molecular weight excluding hydrogens is 562 g/mol. The predicted octanol–water partition coefficient (Wildman–Crippen LogP) is 4.17. The minimum Gasteiger partial charge on any atom is -0.618 e. The fourth-order valence-electron chi connectivity index (χ4n) is 4.58. The van der Waals surface area contributed by atoms with Crippen molar-refractivity contribution in [3.63, 3.8) is 0 Å². The van der Waals surface area contributed by atoms with E-state index in [0.29, 0.717) is 35.9 Å². The second kappa shape index (κ2) is 14.3. The van der Waals surface area contributed by atoms with Gasteiger partial charge in [-0.25, -0.2) is 4.98 Å². The largest absolute Gasteiger partial charge is 0.618 e. The summed E-state index contributed by atoms with van der Waals surface area (Å²) in [5.74, 6) is 0.572. The van der Waals surface area contributed by atoms with Gasteiger partial charge >= 0.3 is 0 Å². The van der Waals surface area contributed by atoms with Crippen molar-refractivity contribution >= 4 is 28.9 Å². The highest BCUT2D eigenvalue weighted by atomic mass is 32.1. The van der Waals surface area contributed by atoms with Crippen LogP contribution in [0.3, 0.4) is 0 Å². The third kappa shape index (κ3) is 8.53. The monoisotopic (exact) mass is 597 g/mol. The number of thiocarbonyl (C=S) groups is 1. The topological polar surface area (TPSA) is 122 Å². The lowest BCUT2D eigenvalue weighted by atomic mass is 9.97. The fourth-order valence-corrected chi connectivity index (χ4v) is 4.83. The standard InChI is InChI=1S/C32H35N7O3S/c1-4-32(2,36-30(40)17-28-19-34-23-38(28)20-25-10-8-24(18-33)9-11-25)22-37(21-27-7-5-6-16-39(27)41)31(43)35-26-12-14-29(42-3)15-13-26/h5-16,19,23H,4,17,20-22H2,1-3H3,(H,35,43)(H,36,40). The molecule has 2 aromatic carbocycles. The van der Waals surface area contributed by atoms with Crippen LogP contribution in [0.15, 0.2) is 85.5 Å². The summed E-state index contributed by atoms with van der Waals surface area (Å²) in [5, 5.41) is 28.4. The van der Waals surface area contributed by atoms with Crippen molar-refractivity contribution in [2.24, 2.45) is 0 Å². The lowest BCUT2D eigenvalue weighted by Gasteiger charge is -2.36. The molecule has 0 aliphatic heterocycles. The van der Waals surface area contributed by atoms with Crippen molar-refractivity contribution in [1.29, 1.82) is 5.26 Å². The summed E-state index contributed by atoms with van der Waals surface area (Å²) in [6, 6.07) is 22.1. The smallest absolute Gasteiger partial charge is 0.226 e. The summed E-state index contributed by atoms with van der Waals surface area (Å²) in [4.78, 5) is 19.5. The summed E-state index contributed by atoms with van der Waals surface area (Å²) >= 11 is 5.81. The first-order chi connectivity index (χ1) is 20.7. The number of nitriles is 1. The lowest BCUT2D eigenvalue weighted by molar-refractivity contribution is -0.615. The van der Waals surface area contributed by atoms with Crippen LogP contribution >= 0.6 is 12.2 Å². The molecule has 0 saturated carbocycles. The minimum atomic E-state index is -0.663. The molecule has 2 aromatic heterocycles. The van der Waals surface area contributed by atoms with Gasteiger partial charge in [0.2, 0.25) is 11.6 Å². The Kier molecular flexibility index (Phi) is 10.3. The van der Waals surface area contributed by atoms with E-state index >= 15 is 0 Å². The molecule has 0 saturated heterocycles. The number of anilines is 1. The van der Waals surface area contributed by atoms with E-state index in [-0.39, 0.29) is 18.9 Å². The summed E-state index contributed by atoms with van der Waals surface area (Å²) < 4.78 is 7.99. The number of amides is 1. The zero-order valence-corrected chi connectivity index (χ0v) is 25.3. The Bertz CT molecular complexity index is 1580.